The van der Waals surface area contributed by atoms with Gasteiger partial charge in [0.15, 0.2) is 0 Å². The van der Waals surface area contributed by atoms with Gasteiger partial charge >= 0.3 is 6.18 Å². The molecule has 0 unspecified atom stereocenters. The lowest BCUT2D eigenvalue weighted by molar-refractivity contribution is -0.138. The molecule has 1 aliphatic rings. The third kappa shape index (κ3) is 7.28. The van der Waals surface area contributed by atoms with Crippen LogP contribution in [0.5, 0.6) is 5.88 Å². The Labute approximate surface area is 269 Å². The number of hydrogen-bond donors (Lipinski definition) is 2. The number of H-pyrrole nitrogens is 1. The SMILES string of the molecule is CCOc1ncccc1-c1ccc(N2CCN(C(=O)c3ccc(Cl)cc3C(F)(F)F)C[C@H]2CC)c(C(=O)NCCc2cnc[nH]2)c1. The number of carbonyl (C=O) groups is 2. The van der Waals surface area contributed by atoms with Gasteiger partial charge < -0.3 is 24.8 Å². The molecule has 3 heterocycles. The van der Waals surface area contributed by atoms with Crippen molar-refractivity contribution in [3.63, 3.8) is 0 Å². The minimum atomic E-state index is -4.74. The zero-order valence-corrected chi connectivity index (χ0v) is 26.2. The first-order valence-corrected chi connectivity index (χ1v) is 15.4. The second-order valence-electron chi connectivity index (χ2n) is 10.8. The number of nitrogens with one attached hydrogen (secondary N) is 2. The number of halogens is 4. The Bertz CT molecular complexity index is 1680. The third-order valence-corrected chi connectivity index (χ3v) is 8.14. The van der Waals surface area contributed by atoms with Crippen LogP contribution >= 0.6 is 11.6 Å². The summed E-state index contributed by atoms with van der Waals surface area (Å²) in [5.41, 5.74) is 1.92. The van der Waals surface area contributed by atoms with Crippen LogP contribution in [0.2, 0.25) is 5.02 Å². The first-order valence-electron chi connectivity index (χ1n) is 15.0. The molecule has 1 aliphatic heterocycles. The fourth-order valence-corrected chi connectivity index (χ4v) is 5.81. The second-order valence-corrected chi connectivity index (χ2v) is 11.2. The summed E-state index contributed by atoms with van der Waals surface area (Å²) in [4.78, 5) is 42.1. The lowest BCUT2D eigenvalue weighted by Crippen LogP contribution is -2.55. The van der Waals surface area contributed by atoms with Crippen LogP contribution in [0.3, 0.4) is 0 Å². The molecule has 13 heteroatoms. The van der Waals surface area contributed by atoms with Gasteiger partial charge in [-0.1, -0.05) is 24.6 Å². The number of aromatic nitrogens is 3. The highest BCUT2D eigenvalue weighted by Gasteiger charge is 2.38. The van der Waals surface area contributed by atoms with Crippen molar-refractivity contribution in [3.8, 4) is 17.0 Å². The van der Waals surface area contributed by atoms with Gasteiger partial charge in [-0.3, -0.25) is 9.59 Å². The minimum absolute atomic E-state index is 0.0985. The van der Waals surface area contributed by atoms with Crippen molar-refractivity contribution in [3.05, 3.63) is 94.7 Å². The minimum Gasteiger partial charge on any atom is -0.478 e. The molecule has 0 radical (unpaired) electrons. The van der Waals surface area contributed by atoms with Crippen LogP contribution in [0.25, 0.3) is 11.1 Å². The molecule has 0 saturated carbocycles. The van der Waals surface area contributed by atoms with Gasteiger partial charge in [-0.25, -0.2) is 9.97 Å². The zero-order valence-electron chi connectivity index (χ0n) is 25.4. The van der Waals surface area contributed by atoms with Gasteiger partial charge in [-0.15, -0.1) is 0 Å². The number of amides is 2. The Kier molecular flexibility index (Phi) is 10.2. The molecule has 0 bridgehead atoms. The molecule has 46 heavy (non-hydrogen) atoms. The van der Waals surface area contributed by atoms with E-state index in [-0.39, 0.29) is 30.1 Å². The average molecular weight is 655 g/mol. The molecule has 2 aromatic carbocycles. The number of aromatic amines is 1. The van der Waals surface area contributed by atoms with Gasteiger partial charge in [-0.05, 0) is 61.4 Å². The number of rotatable bonds is 10. The molecule has 9 nitrogen and oxygen atoms in total. The van der Waals surface area contributed by atoms with E-state index in [9.17, 15) is 22.8 Å². The number of hydrogen-bond acceptors (Lipinski definition) is 6. The molecule has 0 aliphatic carbocycles. The largest absolute Gasteiger partial charge is 0.478 e. The number of imidazole rings is 1. The topological polar surface area (TPSA) is 103 Å². The van der Waals surface area contributed by atoms with Crippen LogP contribution in [-0.4, -0.2) is 70.5 Å². The molecule has 242 valence electrons. The quantitative estimate of drug-likeness (QED) is 0.209. The van der Waals surface area contributed by atoms with Gasteiger partial charge in [0.05, 0.1) is 29.6 Å². The van der Waals surface area contributed by atoms with Crippen molar-refractivity contribution in [2.24, 2.45) is 0 Å². The van der Waals surface area contributed by atoms with Crippen molar-refractivity contribution in [1.29, 1.82) is 0 Å². The van der Waals surface area contributed by atoms with Crippen LogP contribution in [0, 0.1) is 0 Å². The summed E-state index contributed by atoms with van der Waals surface area (Å²) >= 11 is 5.84. The van der Waals surface area contributed by atoms with E-state index in [1.165, 1.54) is 11.0 Å². The predicted molar refractivity (Wildman–Crippen MR) is 169 cm³/mol. The third-order valence-electron chi connectivity index (χ3n) is 7.91. The number of anilines is 1. The van der Waals surface area contributed by atoms with Crippen molar-refractivity contribution >= 4 is 29.1 Å². The first kappa shape index (κ1) is 32.8. The highest BCUT2D eigenvalue weighted by molar-refractivity contribution is 6.30. The molecular formula is C33H34ClF3N6O3. The van der Waals surface area contributed by atoms with E-state index in [0.717, 1.165) is 29.0 Å². The summed E-state index contributed by atoms with van der Waals surface area (Å²) in [7, 11) is 0. The molecule has 2 aromatic heterocycles. The van der Waals surface area contributed by atoms with E-state index in [1.54, 1.807) is 30.9 Å². The molecule has 1 atom stereocenters. The van der Waals surface area contributed by atoms with Gasteiger partial charge in [0.1, 0.15) is 0 Å². The van der Waals surface area contributed by atoms with Gasteiger partial charge in [0, 0.05) is 73.0 Å². The Morgan fingerprint density at radius 2 is 1.93 bits per heavy atom. The van der Waals surface area contributed by atoms with Gasteiger partial charge in [0.2, 0.25) is 5.88 Å². The van der Waals surface area contributed by atoms with Crippen LogP contribution in [0.4, 0.5) is 18.9 Å². The number of nitrogens with zero attached hydrogens (tertiary/aromatic N) is 4. The standard InChI is InChI=1S/C33H34ClF3N6O3/c1-3-24-19-42(32(45)26-9-8-22(34)17-28(26)33(35,36)37)14-15-43(24)29-10-7-21(25-6-5-12-40-31(25)46-4-2)16-27(29)30(44)39-13-11-23-18-38-20-41-23/h5-10,12,16-18,20,24H,3-4,11,13-15,19H2,1-2H3,(H,38,41)(H,39,44)/t24-/m1/s1. The van der Waals surface area contributed by atoms with E-state index >= 15 is 0 Å². The normalized spacial score (nSPS) is 15.1. The smallest absolute Gasteiger partial charge is 0.417 e. The van der Waals surface area contributed by atoms with Crippen LogP contribution in [0.1, 0.15) is 52.2 Å². The maximum atomic E-state index is 13.8. The summed E-state index contributed by atoms with van der Waals surface area (Å²) < 4.78 is 47.1. The van der Waals surface area contributed by atoms with Gasteiger partial charge in [-0.2, -0.15) is 13.2 Å². The monoisotopic (exact) mass is 654 g/mol. The summed E-state index contributed by atoms with van der Waals surface area (Å²) in [5, 5.41) is 2.90. The Morgan fingerprint density at radius 3 is 2.65 bits per heavy atom. The summed E-state index contributed by atoms with van der Waals surface area (Å²) in [5.74, 6) is -0.556. The number of benzene rings is 2. The molecule has 4 aromatic rings. The predicted octanol–water partition coefficient (Wildman–Crippen LogP) is 6.26. The number of piperazine rings is 1. The van der Waals surface area contributed by atoms with Crippen molar-refractivity contribution < 1.29 is 27.5 Å². The van der Waals surface area contributed by atoms with Crippen molar-refractivity contribution in [2.75, 3.05) is 37.7 Å². The molecule has 2 amide bonds. The summed E-state index contributed by atoms with van der Waals surface area (Å²) in [6, 6.07) is 12.2. The van der Waals surface area contributed by atoms with Gasteiger partial charge in [0.25, 0.3) is 11.8 Å². The summed E-state index contributed by atoms with van der Waals surface area (Å²) in [6.45, 7) is 5.24. The fraction of sp³-hybridized carbons (Fsp3) is 0.333. The number of pyridine rings is 1. The van der Waals surface area contributed by atoms with Crippen LogP contribution in [0.15, 0.2) is 67.3 Å². The van der Waals surface area contributed by atoms with E-state index in [4.69, 9.17) is 16.3 Å². The highest BCUT2D eigenvalue weighted by atomic mass is 35.5. The van der Waals surface area contributed by atoms with E-state index in [1.807, 2.05) is 32.0 Å². The maximum absolute atomic E-state index is 13.8. The molecule has 1 fully saturated rings. The van der Waals surface area contributed by atoms with Crippen LogP contribution in [-0.2, 0) is 12.6 Å². The molecule has 1 saturated heterocycles. The highest BCUT2D eigenvalue weighted by Crippen LogP contribution is 2.36. The van der Waals surface area contributed by atoms with E-state index in [0.29, 0.717) is 49.7 Å². The lowest BCUT2D eigenvalue weighted by atomic mass is 9.98. The number of ether oxygens (including phenoxy) is 1. The Balaban J connectivity index is 1.44. The van der Waals surface area contributed by atoms with Crippen LogP contribution < -0.4 is 15.0 Å². The fourth-order valence-electron chi connectivity index (χ4n) is 5.64. The van der Waals surface area contributed by atoms with Crippen molar-refractivity contribution in [1.82, 2.24) is 25.2 Å². The first-order chi connectivity index (χ1) is 22.1. The maximum Gasteiger partial charge on any atom is 0.417 e. The lowest BCUT2D eigenvalue weighted by Gasteiger charge is -2.43. The molecule has 0 spiro atoms. The number of carbonyl (C=O) groups excluding carboxylic acids is 2. The van der Waals surface area contributed by atoms with Crippen molar-refractivity contribution in [2.45, 2.75) is 38.9 Å². The zero-order chi connectivity index (χ0) is 32.8. The Hall–Kier alpha value is -4.58. The number of alkyl halides is 3. The second kappa shape index (κ2) is 14.2. The molecule has 2 N–H and O–H groups in total. The van der Waals surface area contributed by atoms with E-state index in [2.05, 4.69) is 25.2 Å². The molecular weight excluding hydrogens is 621 g/mol. The average Bonchev–Trinajstić information content (AvgIpc) is 3.57. The summed E-state index contributed by atoms with van der Waals surface area (Å²) in [6.07, 6.45) is 1.32. The molecule has 5 rings (SSSR count). The Morgan fingerprint density at radius 1 is 1.11 bits per heavy atom. The van der Waals surface area contributed by atoms with E-state index < -0.39 is 23.2 Å².